The molecule has 0 bridgehead atoms. The van der Waals surface area contributed by atoms with Gasteiger partial charge < -0.3 is 10.1 Å². The number of fused-ring (bicyclic) bond motifs is 1. The standard InChI is InChI=1S/C31H49NO/c1-4-6-20-32-24(3)21-31(23-33-5-2)22-28(26-16-11-8-12-17-26)30-27(18-13-19-29(30)31)25-14-9-7-10-15-25/h13,18-19,22,24-26,32H,4-12,14-17,20-21,23H2,1-3H3. The number of allylic oxidation sites excluding steroid dienone is 1. The predicted octanol–water partition coefficient (Wildman–Crippen LogP) is 8.15. The Morgan fingerprint density at radius 2 is 1.67 bits per heavy atom. The first-order valence-corrected chi connectivity index (χ1v) is 14.4. The highest BCUT2D eigenvalue weighted by Gasteiger charge is 2.43. The Balaban J connectivity index is 1.74. The molecular formula is C31H49NO. The van der Waals surface area contributed by atoms with Gasteiger partial charge in [0, 0.05) is 18.1 Å². The average molecular weight is 452 g/mol. The molecule has 0 spiro atoms. The molecule has 2 saturated carbocycles. The second-order valence-corrected chi connectivity index (χ2v) is 11.2. The van der Waals surface area contributed by atoms with E-state index in [1.165, 1.54) is 77.0 Å². The summed E-state index contributed by atoms with van der Waals surface area (Å²) in [5.74, 6) is 1.50. The molecule has 2 fully saturated rings. The molecular weight excluding hydrogens is 402 g/mol. The van der Waals surface area contributed by atoms with Crippen LogP contribution in [0.3, 0.4) is 0 Å². The average Bonchev–Trinajstić information content (AvgIpc) is 3.18. The smallest absolute Gasteiger partial charge is 0.0598 e. The van der Waals surface area contributed by atoms with Gasteiger partial charge in [-0.15, -0.1) is 0 Å². The molecule has 0 radical (unpaired) electrons. The number of benzene rings is 1. The van der Waals surface area contributed by atoms with Crippen LogP contribution in [0, 0.1) is 5.92 Å². The van der Waals surface area contributed by atoms with Crippen molar-refractivity contribution < 1.29 is 4.74 Å². The summed E-state index contributed by atoms with van der Waals surface area (Å²) >= 11 is 0. The summed E-state index contributed by atoms with van der Waals surface area (Å²) in [6.07, 6.45) is 20.3. The van der Waals surface area contributed by atoms with Crippen LogP contribution < -0.4 is 5.32 Å². The molecule has 0 aliphatic heterocycles. The lowest BCUT2D eigenvalue weighted by Crippen LogP contribution is -2.38. The van der Waals surface area contributed by atoms with Gasteiger partial charge in [-0.1, -0.05) is 76.1 Å². The van der Waals surface area contributed by atoms with Gasteiger partial charge in [-0.3, -0.25) is 0 Å². The minimum Gasteiger partial charge on any atom is -0.380 e. The molecule has 1 aromatic rings. The van der Waals surface area contributed by atoms with Gasteiger partial charge in [0.15, 0.2) is 0 Å². The maximum atomic E-state index is 6.25. The van der Waals surface area contributed by atoms with E-state index < -0.39 is 0 Å². The number of rotatable bonds is 11. The van der Waals surface area contributed by atoms with Crippen LogP contribution in [0.2, 0.25) is 0 Å². The quantitative estimate of drug-likeness (QED) is 0.343. The van der Waals surface area contributed by atoms with E-state index in [1.807, 2.05) is 0 Å². The van der Waals surface area contributed by atoms with E-state index in [1.54, 1.807) is 22.3 Å². The normalized spacial score (nSPS) is 25.1. The van der Waals surface area contributed by atoms with Gasteiger partial charge in [0.25, 0.3) is 0 Å². The van der Waals surface area contributed by atoms with Gasteiger partial charge in [0.1, 0.15) is 0 Å². The zero-order valence-corrected chi connectivity index (χ0v) is 21.8. The predicted molar refractivity (Wildman–Crippen MR) is 142 cm³/mol. The number of unbranched alkanes of at least 4 members (excludes halogenated alkanes) is 1. The van der Waals surface area contributed by atoms with E-state index in [4.69, 9.17) is 4.74 Å². The zero-order valence-electron chi connectivity index (χ0n) is 21.8. The number of hydrogen-bond donors (Lipinski definition) is 1. The Morgan fingerprint density at radius 1 is 0.970 bits per heavy atom. The third-order valence-electron chi connectivity index (χ3n) is 8.70. The summed E-state index contributed by atoms with van der Waals surface area (Å²) in [5, 5.41) is 3.83. The number of nitrogens with one attached hydrogen (secondary N) is 1. The van der Waals surface area contributed by atoms with Crippen LogP contribution in [0.4, 0.5) is 0 Å². The fourth-order valence-electron chi connectivity index (χ4n) is 7.02. The Kier molecular flexibility index (Phi) is 9.11. The first kappa shape index (κ1) is 25.0. The molecule has 1 N–H and O–H groups in total. The van der Waals surface area contributed by atoms with Crippen LogP contribution in [0.25, 0.3) is 5.57 Å². The molecule has 0 heterocycles. The van der Waals surface area contributed by atoms with Crippen LogP contribution in [-0.4, -0.2) is 25.8 Å². The largest absolute Gasteiger partial charge is 0.380 e. The van der Waals surface area contributed by atoms with Crippen molar-refractivity contribution >= 4 is 5.57 Å². The van der Waals surface area contributed by atoms with Gasteiger partial charge in [0.2, 0.25) is 0 Å². The van der Waals surface area contributed by atoms with E-state index in [-0.39, 0.29) is 5.41 Å². The molecule has 2 heteroatoms. The summed E-state index contributed by atoms with van der Waals surface area (Å²) in [6.45, 7) is 9.56. The first-order valence-electron chi connectivity index (χ1n) is 14.4. The van der Waals surface area contributed by atoms with Crippen molar-refractivity contribution in [2.24, 2.45) is 5.92 Å². The molecule has 184 valence electrons. The number of ether oxygens (including phenoxy) is 1. The Morgan fingerprint density at radius 3 is 2.33 bits per heavy atom. The van der Waals surface area contributed by atoms with Crippen LogP contribution >= 0.6 is 0 Å². The molecule has 0 aromatic heterocycles. The van der Waals surface area contributed by atoms with Crippen LogP contribution in [0.15, 0.2) is 24.3 Å². The fourth-order valence-corrected chi connectivity index (χ4v) is 7.02. The summed E-state index contributed by atoms with van der Waals surface area (Å²) in [7, 11) is 0. The molecule has 2 nitrogen and oxygen atoms in total. The minimum atomic E-state index is 0.0153. The van der Waals surface area contributed by atoms with Crippen molar-refractivity contribution in [3.8, 4) is 0 Å². The van der Waals surface area contributed by atoms with Crippen molar-refractivity contribution in [1.29, 1.82) is 0 Å². The van der Waals surface area contributed by atoms with Gasteiger partial charge in [0.05, 0.1) is 6.61 Å². The molecule has 3 aliphatic rings. The van der Waals surface area contributed by atoms with Crippen molar-refractivity contribution in [1.82, 2.24) is 5.32 Å². The molecule has 33 heavy (non-hydrogen) atoms. The third-order valence-corrected chi connectivity index (χ3v) is 8.70. The first-order chi connectivity index (χ1) is 16.2. The zero-order chi connectivity index (χ0) is 23.1. The SMILES string of the molecule is CCCCNC(C)CC1(COCC)C=C(C2CCCCC2)c2c(C3CCCCC3)cccc21. The van der Waals surface area contributed by atoms with Gasteiger partial charge in [-0.25, -0.2) is 0 Å². The second kappa shape index (κ2) is 12.0. The summed E-state index contributed by atoms with van der Waals surface area (Å²) < 4.78 is 6.25. The molecule has 4 rings (SSSR count). The van der Waals surface area contributed by atoms with Crippen molar-refractivity contribution in [3.63, 3.8) is 0 Å². The molecule has 2 unspecified atom stereocenters. The van der Waals surface area contributed by atoms with Crippen LogP contribution in [-0.2, 0) is 10.2 Å². The summed E-state index contributed by atoms with van der Waals surface area (Å²) in [6, 6.07) is 7.82. The van der Waals surface area contributed by atoms with Gasteiger partial charge >= 0.3 is 0 Å². The Hall–Kier alpha value is -1.12. The van der Waals surface area contributed by atoms with E-state index in [0.717, 1.165) is 38.0 Å². The topological polar surface area (TPSA) is 21.3 Å². The van der Waals surface area contributed by atoms with E-state index >= 15 is 0 Å². The lowest BCUT2D eigenvalue weighted by molar-refractivity contribution is 0.103. The maximum Gasteiger partial charge on any atom is 0.0598 e. The second-order valence-electron chi connectivity index (χ2n) is 11.2. The lowest BCUT2D eigenvalue weighted by atomic mass is 9.74. The van der Waals surface area contributed by atoms with Crippen molar-refractivity contribution in [3.05, 3.63) is 41.0 Å². The van der Waals surface area contributed by atoms with E-state index in [9.17, 15) is 0 Å². The Bertz CT molecular complexity index is 771. The molecule has 0 saturated heterocycles. The summed E-state index contributed by atoms with van der Waals surface area (Å²) in [5.41, 5.74) is 6.64. The fraction of sp³-hybridized carbons (Fsp3) is 0.742. The molecule has 2 atom stereocenters. The molecule has 1 aromatic carbocycles. The maximum absolute atomic E-state index is 6.25. The van der Waals surface area contributed by atoms with Crippen LogP contribution in [0.5, 0.6) is 0 Å². The van der Waals surface area contributed by atoms with E-state index in [2.05, 4.69) is 50.4 Å². The molecule has 0 amide bonds. The van der Waals surface area contributed by atoms with Gasteiger partial charge in [-0.2, -0.15) is 0 Å². The minimum absolute atomic E-state index is 0.0153. The Labute approximate surface area is 204 Å². The van der Waals surface area contributed by atoms with E-state index in [0.29, 0.717) is 6.04 Å². The van der Waals surface area contributed by atoms with Crippen LogP contribution in [0.1, 0.15) is 127 Å². The molecule has 3 aliphatic carbocycles. The third kappa shape index (κ3) is 5.76. The highest BCUT2D eigenvalue weighted by atomic mass is 16.5. The van der Waals surface area contributed by atoms with Crippen molar-refractivity contribution in [2.45, 2.75) is 122 Å². The monoisotopic (exact) mass is 451 g/mol. The van der Waals surface area contributed by atoms with Gasteiger partial charge in [-0.05, 0) is 93.0 Å². The summed E-state index contributed by atoms with van der Waals surface area (Å²) in [4.78, 5) is 0. The highest BCUT2D eigenvalue weighted by Crippen LogP contribution is 2.52. The number of hydrogen-bond acceptors (Lipinski definition) is 2. The van der Waals surface area contributed by atoms with Crippen molar-refractivity contribution in [2.75, 3.05) is 19.8 Å². The lowest BCUT2D eigenvalue weighted by Gasteiger charge is -2.33. The highest BCUT2D eigenvalue weighted by molar-refractivity contribution is 5.81.